The van der Waals surface area contributed by atoms with Gasteiger partial charge in [0.05, 0.1) is 10.0 Å². The second-order valence-corrected chi connectivity index (χ2v) is 6.68. The van der Waals surface area contributed by atoms with Crippen molar-refractivity contribution in [3.63, 3.8) is 0 Å². The van der Waals surface area contributed by atoms with E-state index in [1.165, 1.54) is 0 Å². The van der Waals surface area contributed by atoms with E-state index in [-0.39, 0.29) is 5.91 Å². The van der Waals surface area contributed by atoms with Crippen LogP contribution in [0.2, 0.25) is 10.0 Å². The molecule has 0 atom stereocenters. The molecular formula is C18H18Cl2N2O. The number of rotatable bonds is 6. The number of aromatic nitrogens is 1. The standard InChI is InChI=1S/C18H18Cl2N2O/c19-16-7-3-14(10-17(16)20)12-22(15-5-6-15)18(23)8-4-13-2-1-9-21-11-13/h1-3,7,9-11,15H,4-6,8,12H2. The average Bonchev–Trinajstić information content (AvgIpc) is 3.39. The van der Waals surface area contributed by atoms with Crippen LogP contribution in [0.5, 0.6) is 0 Å². The molecule has 1 saturated carbocycles. The van der Waals surface area contributed by atoms with Crippen molar-refractivity contribution in [2.24, 2.45) is 0 Å². The van der Waals surface area contributed by atoms with Gasteiger partial charge in [-0.1, -0.05) is 35.3 Å². The summed E-state index contributed by atoms with van der Waals surface area (Å²) < 4.78 is 0. The van der Waals surface area contributed by atoms with Gasteiger partial charge in [-0.2, -0.15) is 0 Å². The molecule has 1 amide bonds. The van der Waals surface area contributed by atoms with Crippen LogP contribution >= 0.6 is 23.2 Å². The van der Waals surface area contributed by atoms with Gasteiger partial charge in [-0.05, 0) is 48.6 Å². The lowest BCUT2D eigenvalue weighted by molar-refractivity contribution is -0.132. The minimum atomic E-state index is 0.183. The zero-order chi connectivity index (χ0) is 16.2. The predicted molar refractivity (Wildman–Crippen MR) is 92.6 cm³/mol. The second-order valence-electron chi connectivity index (χ2n) is 5.86. The van der Waals surface area contributed by atoms with Crippen molar-refractivity contribution in [2.75, 3.05) is 0 Å². The summed E-state index contributed by atoms with van der Waals surface area (Å²) in [4.78, 5) is 18.7. The maximum absolute atomic E-state index is 12.6. The molecule has 3 rings (SSSR count). The number of halogens is 2. The van der Waals surface area contributed by atoms with E-state index in [0.717, 1.165) is 30.4 Å². The molecule has 1 aliphatic carbocycles. The van der Waals surface area contributed by atoms with Crippen molar-refractivity contribution in [1.29, 1.82) is 0 Å². The first-order chi connectivity index (χ1) is 11.1. The van der Waals surface area contributed by atoms with Crippen LogP contribution < -0.4 is 0 Å². The summed E-state index contributed by atoms with van der Waals surface area (Å²) in [6, 6.07) is 9.82. The van der Waals surface area contributed by atoms with Crippen LogP contribution in [0.25, 0.3) is 0 Å². The molecule has 0 unspecified atom stereocenters. The fraction of sp³-hybridized carbons (Fsp3) is 0.333. The molecule has 120 valence electrons. The fourth-order valence-corrected chi connectivity index (χ4v) is 2.90. The number of aryl methyl sites for hydroxylation is 1. The highest BCUT2D eigenvalue weighted by Crippen LogP contribution is 2.30. The number of amides is 1. The molecule has 1 fully saturated rings. The number of pyridine rings is 1. The predicted octanol–water partition coefficient (Wildman–Crippen LogP) is 4.51. The van der Waals surface area contributed by atoms with Gasteiger partial charge in [0, 0.05) is 31.4 Å². The lowest BCUT2D eigenvalue weighted by Gasteiger charge is -2.23. The molecule has 1 aromatic heterocycles. The second kappa shape index (κ2) is 7.33. The number of carbonyl (C=O) groups excluding carboxylic acids is 1. The van der Waals surface area contributed by atoms with Crippen molar-refractivity contribution in [3.8, 4) is 0 Å². The van der Waals surface area contributed by atoms with Gasteiger partial charge in [0.15, 0.2) is 0 Å². The molecule has 3 nitrogen and oxygen atoms in total. The minimum absolute atomic E-state index is 0.183. The molecule has 0 spiro atoms. The number of hydrogen-bond donors (Lipinski definition) is 0. The molecule has 0 radical (unpaired) electrons. The first kappa shape index (κ1) is 16.3. The highest BCUT2D eigenvalue weighted by atomic mass is 35.5. The summed E-state index contributed by atoms with van der Waals surface area (Å²) in [5.41, 5.74) is 2.10. The molecule has 0 N–H and O–H groups in total. The Balaban J connectivity index is 1.64. The molecule has 0 bridgehead atoms. The highest BCUT2D eigenvalue weighted by Gasteiger charge is 2.32. The Morgan fingerprint density at radius 1 is 1.17 bits per heavy atom. The smallest absolute Gasteiger partial charge is 0.223 e. The van der Waals surface area contributed by atoms with E-state index >= 15 is 0 Å². The largest absolute Gasteiger partial charge is 0.335 e. The lowest BCUT2D eigenvalue weighted by Crippen LogP contribution is -2.32. The fourth-order valence-electron chi connectivity index (χ4n) is 2.58. The van der Waals surface area contributed by atoms with E-state index in [2.05, 4.69) is 4.98 Å². The van der Waals surface area contributed by atoms with Gasteiger partial charge in [0.2, 0.25) is 5.91 Å². The molecule has 2 aromatic rings. The molecular weight excluding hydrogens is 331 g/mol. The topological polar surface area (TPSA) is 33.2 Å². The van der Waals surface area contributed by atoms with Crippen molar-refractivity contribution in [3.05, 3.63) is 63.9 Å². The lowest BCUT2D eigenvalue weighted by atomic mass is 10.1. The summed E-state index contributed by atoms with van der Waals surface area (Å²) in [6.45, 7) is 0.591. The molecule has 1 aliphatic rings. The third kappa shape index (κ3) is 4.46. The monoisotopic (exact) mass is 348 g/mol. The van der Waals surface area contributed by atoms with E-state index in [0.29, 0.717) is 29.1 Å². The summed E-state index contributed by atoms with van der Waals surface area (Å²) in [5, 5.41) is 1.07. The van der Waals surface area contributed by atoms with Crippen LogP contribution in [0.4, 0.5) is 0 Å². The SMILES string of the molecule is O=C(CCc1cccnc1)N(Cc1ccc(Cl)c(Cl)c1)C1CC1. The first-order valence-corrected chi connectivity index (χ1v) is 8.51. The van der Waals surface area contributed by atoms with Crippen LogP contribution in [0, 0.1) is 0 Å². The number of carbonyl (C=O) groups is 1. The van der Waals surface area contributed by atoms with E-state index in [4.69, 9.17) is 23.2 Å². The Morgan fingerprint density at radius 3 is 2.65 bits per heavy atom. The maximum atomic E-state index is 12.6. The van der Waals surface area contributed by atoms with Crippen molar-refractivity contribution in [1.82, 2.24) is 9.88 Å². The van der Waals surface area contributed by atoms with Crippen LogP contribution in [0.1, 0.15) is 30.4 Å². The number of hydrogen-bond acceptors (Lipinski definition) is 2. The van der Waals surface area contributed by atoms with E-state index in [9.17, 15) is 4.79 Å². The van der Waals surface area contributed by atoms with Gasteiger partial charge in [-0.15, -0.1) is 0 Å². The molecule has 5 heteroatoms. The highest BCUT2D eigenvalue weighted by molar-refractivity contribution is 6.42. The van der Waals surface area contributed by atoms with Crippen LogP contribution in [-0.4, -0.2) is 21.8 Å². The minimum Gasteiger partial charge on any atom is -0.335 e. The normalized spacial score (nSPS) is 13.8. The van der Waals surface area contributed by atoms with E-state index in [1.54, 1.807) is 12.3 Å². The van der Waals surface area contributed by atoms with Gasteiger partial charge in [-0.3, -0.25) is 9.78 Å². The summed E-state index contributed by atoms with van der Waals surface area (Å²) in [7, 11) is 0. The van der Waals surface area contributed by atoms with Gasteiger partial charge in [-0.25, -0.2) is 0 Å². The summed E-state index contributed by atoms with van der Waals surface area (Å²) in [5.74, 6) is 0.183. The van der Waals surface area contributed by atoms with Gasteiger partial charge < -0.3 is 4.90 Å². The van der Waals surface area contributed by atoms with Crippen molar-refractivity contribution in [2.45, 2.75) is 38.3 Å². The Bertz CT molecular complexity index is 687. The van der Waals surface area contributed by atoms with E-state index in [1.807, 2.05) is 35.4 Å². The molecule has 23 heavy (non-hydrogen) atoms. The number of benzene rings is 1. The zero-order valence-corrected chi connectivity index (χ0v) is 14.2. The Morgan fingerprint density at radius 2 is 2.00 bits per heavy atom. The summed E-state index contributed by atoms with van der Waals surface area (Å²) in [6.07, 6.45) is 6.94. The van der Waals surface area contributed by atoms with Crippen LogP contribution in [0.15, 0.2) is 42.7 Å². The molecule has 0 aliphatic heterocycles. The van der Waals surface area contributed by atoms with Gasteiger partial charge in [0.25, 0.3) is 0 Å². The van der Waals surface area contributed by atoms with Gasteiger partial charge in [0.1, 0.15) is 0 Å². The maximum Gasteiger partial charge on any atom is 0.223 e. The first-order valence-electron chi connectivity index (χ1n) is 7.76. The van der Waals surface area contributed by atoms with Gasteiger partial charge >= 0.3 is 0 Å². The quantitative estimate of drug-likeness (QED) is 0.769. The third-order valence-corrected chi connectivity index (χ3v) is 4.73. The summed E-state index contributed by atoms with van der Waals surface area (Å²) >= 11 is 12.0. The van der Waals surface area contributed by atoms with E-state index < -0.39 is 0 Å². The number of nitrogens with zero attached hydrogens (tertiary/aromatic N) is 2. The molecule has 1 heterocycles. The average molecular weight is 349 g/mol. The van der Waals surface area contributed by atoms with Crippen LogP contribution in [-0.2, 0) is 17.8 Å². The molecule has 1 aromatic carbocycles. The van der Waals surface area contributed by atoms with Crippen molar-refractivity contribution < 1.29 is 4.79 Å². The van der Waals surface area contributed by atoms with Crippen molar-refractivity contribution >= 4 is 29.1 Å². The Kier molecular flexibility index (Phi) is 5.19. The third-order valence-electron chi connectivity index (χ3n) is 4.00. The Hall–Kier alpha value is -1.58. The zero-order valence-electron chi connectivity index (χ0n) is 12.7. The molecule has 0 saturated heterocycles. The van der Waals surface area contributed by atoms with Crippen LogP contribution in [0.3, 0.4) is 0 Å². The Labute approximate surface area is 146 Å².